The largest absolute Gasteiger partial charge is 0.372 e. The zero-order chi connectivity index (χ0) is 15.5. The summed E-state index contributed by atoms with van der Waals surface area (Å²) in [4.78, 5) is 11.0. The highest BCUT2D eigenvalue weighted by Gasteiger charge is 2.27. The van der Waals surface area contributed by atoms with E-state index in [4.69, 9.17) is 0 Å². The van der Waals surface area contributed by atoms with Crippen LogP contribution >= 0.6 is 0 Å². The van der Waals surface area contributed by atoms with Gasteiger partial charge in [0.15, 0.2) is 11.6 Å². The van der Waals surface area contributed by atoms with E-state index in [1.165, 1.54) is 12.1 Å². The van der Waals surface area contributed by atoms with Gasteiger partial charge in [0.25, 0.3) is 0 Å². The zero-order valence-electron chi connectivity index (χ0n) is 12.4. The van der Waals surface area contributed by atoms with Gasteiger partial charge in [-0.05, 0) is 37.1 Å². The van der Waals surface area contributed by atoms with Crippen molar-refractivity contribution in [1.82, 2.24) is 14.9 Å². The number of rotatable bonds is 4. The molecule has 0 saturated carbocycles. The van der Waals surface area contributed by atoms with Crippen molar-refractivity contribution in [2.75, 3.05) is 18.9 Å². The molecule has 116 valence electrons. The smallest absolute Gasteiger partial charge is 0.159 e. The molecular formula is C16H18F2N4. The standard InChI is InChI=1S/C16H18F2N4/c1-19-16-9-20-8-14(21-16)15-3-2-6-22(15)10-11-4-5-12(17)13(18)7-11/h4-5,7-9,15H,2-3,6,10H2,1H3,(H,19,21)/t15-/m1/s1. The Morgan fingerprint density at radius 1 is 1.27 bits per heavy atom. The summed E-state index contributed by atoms with van der Waals surface area (Å²) in [5.74, 6) is -0.878. The number of nitrogens with one attached hydrogen (secondary N) is 1. The van der Waals surface area contributed by atoms with Crippen molar-refractivity contribution >= 4 is 5.82 Å². The highest BCUT2D eigenvalue weighted by molar-refractivity contribution is 5.31. The Morgan fingerprint density at radius 2 is 2.14 bits per heavy atom. The summed E-state index contributed by atoms with van der Waals surface area (Å²) in [6.07, 6.45) is 5.50. The first kappa shape index (κ1) is 14.8. The number of nitrogens with zero attached hydrogens (tertiary/aromatic N) is 3. The number of halogens is 2. The van der Waals surface area contributed by atoms with Crippen LogP contribution in [0.15, 0.2) is 30.6 Å². The third-order valence-corrected chi connectivity index (χ3v) is 3.98. The van der Waals surface area contributed by atoms with Crippen LogP contribution in [0.1, 0.15) is 30.1 Å². The average molecular weight is 304 g/mol. The van der Waals surface area contributed by atoms with Gasteiger partial charge in [0.1, 0.15) is 5.82 Å². The van der Waals surface area contributed by atoms with Gasteiger partial charge in [-0.2, -0.15) is 0 Å². The molecule has 22 heavy (non-hydrogen) atoms. The van der Waals surface area contributed by atoms with E-state index in [2.05, 4.69) is 20.2 Å². The second kappa shape index (κ2) is 6.36. The molecule has 0 unspecified atom stereocenters. The Hall–Kier alpha value is -2.08. The second-order valence-electron chi connectivity index (χ2n) is 5.46. The lowest BCUT2D eigenvalue weighted by molar-refractivity contribution is 0.243. The van der Waals surface area contributed by atoms with E-state index in [1.54, 1.807) is 18.5 Å². The molecule has 1 N–H and O–H groups in total. The molecular weight excluding hydrogens is 286 g/mol. The van der Waals surface area contributed by atoms with Crippen LogP contribution in [0, 0.1) is 11.6 Å². The SMILES string of the molecule is CNc1cncc([C@H]2CCCN2Cc2ccc(F)c(F)c2)n1. The average Bonchev–Trinajstić information content (AvgIpc) is 2.99. The molecule has 0 spiro atoms. The fraction of sp³-hybridized carbons (Fsp3) is 0.375. The van der Waals surface area contributed by atoms with Crippen LogP contribution in [0.2, 0.25) is 0 Å². The topological polar surface area (TPSA) is 41.1 Å². The maximum absolute atomic E-state index is 13.3. The molecule has 3 rings (SSSR count). The molecule has 0 aliphatic carbocycles. The number of likely N-dealkylation sites (tertiary alicyclic amines) is 1. The predicted octanol–water partition coefficient (Wildman–Crippen LogP) is 3.13. The molecule has 0 amide bonds. The van der Waals surface area contributed by atoms with Gasteiger partial charge < -0.3 is 5.32 Å². The molecule has 4 nitrogen and oxygen atoms in total. The van der Waals surface area contributed by atoms with Crippen LogP contribution in [0.3, 0.4) is 0 Å². The Morgan fingerprint density at radius 3 is 2.91 bits per heavy atom. The number of hydrogen-bond donors (Lipinski definition) is 1. The fourth-order valence-corrected chi connectivity index (χ4v) is 2.88. The maximum Gasteiger partial charge on any atom is 0.159 e. The predicted molar refractivity (Wildman–Crippen MR) is 80.3 cm³/mol. The van der Waals surface area contributed by atoms with Gasteiger partial charge in [-0.3, -0.25) is 9.88 Å². The van der Waals surface area contributed by atoms with Gasteiger partial charge in [-0.25, -0.2) is 13.8 Å². The van der Waals surface area contributed by atoms with Gasteiger partial charge in [0, 0.05) is 13.6 Å². The van der Waals surface area contributed by atoms with E-state index in [1.807, 2.05) is 7.05 Å². The van der Waals surface area contributed by atoms with Crippen molar-refractivity contribution in [3.05, 3.63) is 53.5 Å². The highest BCUT2D eigenvalue weighted by atomic mass is 19.2. The van der Waals surface area contributed by atoms with E-state index >= 15 is 0 Å². The monoisotopic (exact) mass is 304 g/mol. The van der Waals surface area contributed by atoms with Crippen LogP contribution in [-0.4, -0.2) is 28.5 Å². The minimum absolute atomic E-state index is 0.161. The lowest BCUT2D eigenvalue weighted by Crippen LogP contribution is -2.24. The number of anilines is 1. The van der Waals surface area contributed by atoms with Gasteiger partial charge >= 0.3 is 0 Å². The number of benzene rings is 1. The van der Waals surface area contributed by atoms with Crippen molar-refractivity contribution in [3.8, 4) is 0 Å². The normalized spacial score (nSPS) is 18.6. The Kier molecular flexibility index (Phi) is 4.29. The summed E-state index contributed by atoms with van der Waals surface area (Å²) in [6.45, 7) is 1.49. The molecule has 1 aromatic heterocycles. The minimum atomic E-state index is -0.811. The van der Waals surface area contributed by atoms with Crippen LogP contribution in [-0.2, 0) is 6.54 Å². The van der Waals surface area contributed by atoms with Crippen molar-refractivity contribution in [3.63, 3.8) is 0 Å². The van der Waals surface area contributed by atoms with Crippen molar-refractivity contribution < 1.29 is 8.78 Å². The third kappa shape index (κ3) is 3.06. The molecule has 1 atom stereocenters. The summed E-state index contributed by atoms with van der Waals surface area (Å²) >= 11 is 0. The van der Waals surface area contributed by atoms with Crippen LogP contribution in [0.5, 0.6) is 0 Å². The van der Waals surface area contributed by atoms with Gasteiger partial charge in [0.05, 0.1) is 24.1 Å². The molecule has 1 fully saturated rings. The summed E-state index contributed by atoms with van der Waals surface area (Å²) in [5, 5.41) is 2.99. The first-order chi connectivity index (χ1) is 10.7. The van der Waals surface area contributed by atoms with Crippen LogP contribution < -0.4 is 5.32 Å². The highest BCUT2D eigenvalue weighted by Crippen LogP contribution is 2.32. The third-order valence-electron chi connectivity index (χ3n) is 3.98. The fourth-order valence-electron chi connectivity index (χ4n) is 2.88. The van der Waals surface area contributed by atoms with Crippen molar-refractivity contribution in [1.29, 1.82) is 0 Å². The molecule has 2 heterocycles. The summed E-state index contributed by atoms with van der Waals surface area (Å²) in [7, 11) is 1.81. The number of aromatic nitrogens is 2. The Labute approximate surface area is 128 Å². The molecule has 6 heteroatoms. The van der Waals surface area contributed by atoms with Crippen LogP contribution in [0.25, 0.3) is 0 Å². The number of hydrogen-bond acceptors (Lipinski definition) is 4. The van der Waals surface area contributed by atoms with Crippen molar-refractivity contribution in [2.45, 2.75) is 25.4 Å². The van der Waals surface area contributed by atoms with Crippen LogP contribution in [0.4, 0.5) is 14.6 Å². The maximum atomic E-state index is 13.3. The first-order valence-corrected chi connectivity index (χ1v) is 7.35. The first-order valence-electron chi connectivity index (χ1n) is 7.35. The molecule has 1 aliphatic rings. The molecule has 1 aromatic carbocycles. The van der Waals surface area contributed by atoms with Crippen molar-refractivity contribution in [2.24, 2.45) is 0 Å². The van der Waals surface area contributed by atoms with E-state index in [9.17, 15) is 8.78 Å². The van der Waals surface area contributed by atoms with E-state index in [-0.39, 0.29) is 6.04 Å². The molecule has 2 aromatic rings. The van der Waals surface area contributed by atoms with E-state index in [0.29, 0.717) is 6.54 Å². The Bertz CT molecular complexity index is 662. The van der Waals surface area contributed by atoms with Gasteiger partial charge in [-0.1, -0.05) is 6.07 Å². The molecule has 0 bridgehead atoms. The van der Waals surface area contributed by atoms with Gasteiger partial charge in [-0.15, -0.1) is 0 Å². The summed E-state index contributed by atoms with van der Waals surface area (Å²) in [6, 6.07) is 4.23. The zero-order valence-corrected chi connectivity index (χ0v) is 12.4. The molecule has 1 aliphatic heterocycles. The quantitative estimate of drug-likeness (QED) is 0.942. The lowest BCUT2D eigenvalue weighted by atomic mass is 10.1. The van der Waals surface area contributed by atoms with E-state index in [0.717, 1.165) is 36.5 Å². The molecule has 1 saturated heterocycles. The Balaban J connectivity index is 1.79. The summed E-state index contributed by atoms with van der Waals surface area (Å²) in [5.41, 5.74) is 1.68. The molecule has 0 radical (unpaired) electrons. The van der Waals surface area contributed by atoms with Gasteiger partial charge in [0.2, 0.25) is 0 Å². The van der Waals surface area contributed by atoms with E-state index < -0.39 is 11.6 Å². The lowest BCUT2D eigenvalue weighted by Gasteiger charge is -2.24. The second-order valence-corrected chi connectivity index (χ2v) is 5.46. The summed E-state index contributed by atoms with van der Waals surface area (Å²) < 4.78 is 26.4. The minimum Gasteiger partial charge on any atom is -0.372 e.